The number of piperidine rings is 1. The van der Waals surface area contributed by atoms with Gasteiger partial charge in [-0.15, -0.1) is 0 Å². The standard InChI is InChI=1S/C11H20N2O4/c1-2-16-11(15)7-13-10(14)8-17-9-3-5-12-6-4-9/h9,12H,2-8H2,1H3,(H,13,14). The maximum Gasteiger partial charge on any atom is 0.325 e. The number of nitrogens with one attached hydrogen (secondary N) is 2. The molecule has 1 aliphatic rings. The molecule has 0 unspecified atom stereocenters. The lowest BCUT2D eigenvalue weighted by Crippen LogP contribution is -2.37. The van der Waals surface area contributed by atoms with Gasteiger partial charge in [-0.1, -0.05) is 0 Å². The van der Waals surface area contributed by atoms with Crippen molar-refractivity contribution >= 4 is 11.9 Å². The van der Waals surface area contributed by atoms with Crippen LogP contribution >= 0.6 is 0 Å². The van der Waals surface area contributed by atoms with Crippen molar-refractivity contribution in [1.82, 2.24) is 10.6 Å². The molecule has 1 fully saturated rings. The highest BCUT2D eigenvalue weighted by Gasteiger charge is 2.15. The van der Waals surface area contributed by atoms with E-state index in [1.54, 1.807) is 6.92 Å². The van der Waals surface area contributed by atoms with E-state index in [1.165, 1.54) is 0 Å². The number of amides is 1. The first-order valence-electron chi connectivity index (χ1n) is 5.97. The molecule has 0 saturated carbocycles. The van der Waals surface area contributed by atoms with Crippen LogP contribution < -0.4 is 10.6 Å². The Labute approximate surface area is 101 Å². The fraction of sp³-hybridized carbons (Fsp3) is 0.818. The van der Waals surface area contributed by atoms with Crippen molar-refractivity contribution in [2.24, 2.45) is 0 Å². The summed E-state index contributed by atoms with van der Waals surface area (Å²) in [5, 5.41) is 5.67. The molecule has 0 aromatic carbocycles. The van der Waals surface area contributed by atoms with Crippen molar-refractivity contribution < 1.29 is 19.1 Å². The van der Waals surface area contributed by atoms with Crippen LogP contribution in [-0.4, -0.2) is 50.8 Å². The summed E-state index contributed by atoms with van der Waals surface area (Å²) in [6.45, 7) is 3.80. The summed E-state index contributed by atoms with van der Waals surface area (Å²) in [6.07, 6.45) is 1.99. The Morgan fingerprint density at radius 1 is 1.35 bits per heavy atom. The molecule has 6 heteroatoms. The van der Waals surface area contributed by atoms with Crippen molar-refractivity contribution in [3.05, 3.63) is 0 Å². The van der Waals surface area contributed by atoms with Crippen LogP contribution in [0.25, 0.3) is 0 Å². The third-order valence-corrected chi connectivity index (χ3v) is 2.47. The lowest BCUT2D eigenvalue weighted by molar-refractivity contribution is -0.144. The predicted molar refractivity (Wildman–Crippen MR) is 61.5 cm³/mol. The average Bonchev–Trinajstić information content (AvgIpc) is 2.35. The molecule has 0 aromatic heterocycles. The first kappa shape index (κ1) is 13.9. The van der Waals surface area contributed by atoms with E-state index >= 15 is 0 Å². The second-order valence-electron chi connectivity index (χ2n) is 3.84. The SMILES string of the molecule is CCOC(=O)CNC(=O)COC1CCNCC1. The predicted octanol–water partition coefficient (Wildman–Crippen LogP) is -0.566. The number of rotatable bonds is 6. The smallest absolute Gasteiger partial charge is 0.325 e. The van der Waals surface area contributed by atoms with Crippen molar-refractivity contribution in [3.63, 3.8) is 0 Å². The minimum atomic E-state index is -0.428. The van der Waals surface area contributed by atoms with E-state index in [4.69, 9.17) is 4.74 Å². The van der Waals surface area contributed by atoms with Crippen molar-refractivity contribution in [2.75, 3.05) is 32.8 Å². The quantitative estimate of drug-likeness (QED) is 0.612. The zero-order valence-electron chi connectivity index (χ0n) is 10.2. The monoisotopic (exact) mass is 244 g/mol. The van der Waals surface area contributed by atoms with Gasteiger partial charge in [-0.05, 0) is 32.9 Å². The molecular formula is C11H20N2O4. The fourth-order valence-corrected chi connectivity index (χ4v) is 1.59. The average molecular weight is 244 g/mol. The molecule has 2 N–H and O–H groups in total. The molecule has 6 nitrogen and oxygen atoms in total. The van der Waals surface area contributed by atoms with Crippen molar-refractivity contribution in [3.8, 4) is 0 Å². The van der Waals surface area contributed by atoms with Crippen LogP contribution in [0.3, 0.4) is 0 Å². The van der Waals surface area contributed by atoms with Gasteiger partial charge >= 0.3 is 5.97 Å². The summed E-state index contributed by atoms with van der Waals surface area (Å²) in [5.41, 5.74) is 0. The zero-order valence-corrected chi connectivity index (χ0v) is 10.2. The summed E-state index contributed by atoms with van der Waals surface area (Å²) in [6, 6.07) is 0. The molecule has 0 atom stereocenters. The second kappa shape index (κ2) is 8.03. The van der Waals surface area contributed by atoms with Crippen LogP contribution in [-0.2, 0) is 19.1 Å². The molecule has 17 heavy (non-hydrogen) atoms. The lowest BCUT2D eigenvalue weighted by atomic mass is 10.1. The van der Waals surface area contributed by atoms with Crippen molar-refractivity contribution in [2.45, 2.75) is 25.9 Å². The number of carbonyl (C=O) groups is 2. The maximum atomic E-state index is 11.3. The summed E-state index contributed by atoms with van der Waals surface area (Å²) in [7, 11) is 0. The summed E-state index contributed by atoms with van der Waals surface area (Å²) in [5.74, 6) is -0.709. The van der Waals surface area contributed by atoms with Gasteiger partial charge in [0.1, 0.15) is 13.2 Å². The van der Waals surface area contributed by atoms with Gasteiger partial charge in [0.25, 0.3) is 0 Å². The molecule has 1 heterocycles. The van der Waals surface area contributed by atoms with Gasteiger partial charge < -0.3 is 20.1 Å². The number of hydrogen-bond donors (Lipinski definition) is 2. The Kier molecular flexibility index (Phi) is 6.57. The first-order valence-corrected chi connectivity index (χ1v) is 5.97. The van der Waals surface area contributed by atoms with Crippen molar-refractivity contribution in [1.29, 1.82) is 0 Å². The maximum absolute atomic E-state index is 11.3. The Bertz CT molecular complexity index is 252. The number of ether oxygens (including phenoxy) is 2. The fourth-order valence-electron chi connectivity index (χ4n) is 1.59. The third kappa shape index (κ3) is 6.23. The van der Waals surface area contributed by atoms with E-state index in [1.807, 2.05) is 0 Å². The molecule has 0 bridgehead atoms. The molecule has 0 spiro atoms. The second-order valence-corrected chi connectivity index (χ2v) is 3.84. The molecule has 0 aliphatic carbocycles. The van der Waals surface area contributed by atoms with Gasteiger partial charge in [-0.2, -0.15) is 0 Å². The van der Waals surface area contributed by atoms with E-state index in [-0.39, 0.29) is 25.2 Å². The molecule has 1 aliphatic heterocycles. The highest BCUT2D eigenvalue weighted by molar-refractivity contribution is 5.82. The Morgan fingerprint density at radius 2 is 2.06 bits per heavy atom. The normalized spacial score (nSPS) is 16.5. The van der Waals surface area contributed by atoms with Crippen LogP contribution in [0, 0.1) is 0 Å². The molecule has 98 valence electrons. The molecule has 1 rings (SSSR count). The van der Waals surface area contributed by atoms with Gasteiger partial charge in [0.05, 0.1) is 12.7 Å². The van der Waals surface area contributed by atoms with Gasteiger partial charge in [0.15, 0.2) is 0 Å². The third-order valence-electron chi connectivity index (χ3n) is 2.47. The Hall–Kier alpha value is -1.14. The van der Waals surface area contributed by atoms with E-state index in [2.05, 4.69) is 15.4 Å². The summed E-state index contributed by atoms with van der Waals surface area (Å²) in [4.78, 5) is 22.3. The summed E-state index contributed by atoms with van der Waals surface area (Å²) < 4.78 is 10.1. The molecule has 1 saturated heterocycles. The molecule has 1 amide bonds. The van der Waals surface area contributed by atoms with E-state index < -0.39 is 5.97 Å². The largest absolute Gasteiger partial charge is 0.465 e. The molecule has 0 radical (unpaired) electrons. The minimum absolute atomic E-state index is 0.00404. The van der Waals surface area contributed by atoms with Crippen LogP contribution in [0.1, 0.15) is 19.8 Å². The highest BCUT2D eigenvalue weighted by Crippen LogP contribution is 2.06. The topological polar surface area (TPSA) is 76.7 Å². The molecular weight excluding hydrogens is 224 g/mol. The van der Waals surface area contributed by atoms with Crippen LogP contribution in [0.4, 0.5) is 0 Å². The van der Waals surface area contributed by atoms with Crippen LogP contribution in [0.2, 0.25) is 0 Å². The summed E-state index contributed by atoms with van der Waals surface area (Å²) >= 11 is 0. The van der Waals surface area contributed by atoms with Gasteiger partial charge in [0, 0.05) is 0 Å². The van der Waals surface area contributed by atoms with Gasteiger partial charge in [0.2, 0.25) is 5.91 Å². The van der Waals surface area contributed by atoms with E-state index in [0.717, 1.165) is 25.9 Å². The number of carbonyl (C=O) groups excluding carboxylic acids is 2. The van der Waals surface area contributed by atoms with Crippen LogP contribution in [0.5, 0.6) is 0 Å². The molecule has 0 aromatic rings. The van der Waals surface area contributed by atoms with Gasteiger partial charge in [-0.25, -0.2) is 0 Å². The van der Waals surface area contributed by atoms with Crippen LogP contribution in [0.15, 0.2) is 0 Å². The zero-order chi connectivity index (χ0) is 12.5. The first-order chi connectivity index (χ1) is 8.22. The van der Waals surface area contributed by atoms with Gasteiger partial charge in [-0.3, -0.25) is 9.59 Å². The number of esters is 1. The Balaban J connectivity index is 2.06. The lowest BCUT2D eigenvalue weighted by Gasteiger charge is -2.22. The number of hydrogen-bond acceptors (Lipinski definition) is 5. The van der Waals surface area contributed by atoms with E-state index in [0.29, 0.717) is 6.61 Å². The van der Waals surface area contributed by atoms with E-state index in [9.17, 15) is 9.59 Å². The Morgan fingerprint density at radius 3 is 2.71 bits per heavy atom. The minimum Gasteiger partial charge on any atom is -0.465 e. The highest BCUT2D eigenvalue weighted by atomic mass is 16.5.